The number of nitrogens with zero attached hydrogens (tertiary/aromatic N) is 4. The minimum atomic E-state index is 0.0447. The molecule has 1 fully saturated rings. The molecule has 1 aromatic carbocycles. The van der Waals surface area contributed by atoms with Crippen LogP contribution in [0.25, 0.3) is 11.5 Å². The Hall–Kier alpha value is -3.22. The molecule has 1 saturated heterocycles. The number of rotatable bonds is 7. The van der Waals surface area contributed by atoms with Crippen LogP contribution >= 0.6 is 0 Å². The molecule has 0 radical (unpaired) electrons. The Morgan fingerprint density at radius 3 is 2.90 bits per heavy atom. The number of para-hydroxylation sites is 1. The number of aromatic nitrogens is 3. The quantitative estimate of drug-likeness (QED) is 0.590. The molecule has 7 nitrogen and oxygen atoms in total. The first-order valence-corrected chi connectivity index (χ1v) is 10.5. The Morgan fingerprint density at radius 1 is 1.23 bits per heavy atom. The van der Waals surface area contributed by atoms with Gasteiger partial charge in [-0.2, -0.15) is 4.98 Å². The standard InChI is InChI=1S/C23H26N4O3/c1-2-29-20-8-4-3-7-19(20)23(28)27-15-5-6-17(16-27)9-10-21-25-22(30-26-21)18-11-13-24-14-12-18/h3-4,7-8,11-14,17H,2,5-6,9-10,15-16H2,1H3. The number of benzene rings is 1. The first kappa shape index (κ1) is 20.1. The van der Waals surface area contributed by atoms with Crippen LogP contribution in [0.4, 0.5) is 0 Å². The summed E-state index contributed by atoms with van der Waals surface area (Å²) in [6.07, 6.45) is 7.17. The maximum absolute atomic E-state index is 13.1. The van der Waals surface area contributed by atoms with Gasteiger partial charge >= 0.3 is 0 Å². The Labute approximate surface area is 176 Å². The maximum Gasteiger partial charge on any atom is 0.258 e. The van der Waals surface area contributed by atoms with Crippen molar-refractivity contribution in [2.75, 3.05) is 19.7 Å². The van der Waals surface area contributed by atoms with E-state index in [0.29, 0.717) is 35.6 Å². The zero-order valence-electron chi connectivity index (χ0n) is 17.2. The van der Waals surface area contributed by atoms with Crippen LogP contribution in [0.5, 0.6) is 5.75 Å². The van der Waals surface area contributed by atoms with E-state index in [1.165, 1.54) is 0 Å². The third-order valence-electron chi connectivity index (χ3n) is 5.40. The molecule has 1 amide bonds. The van der Waals surface area contributed by atoms with Gasteiger partial charge < -0.3 is 14.2 Å². The molecule has 0 saturated carbocycles. The predicted molar refractivity (Wildman–Crippen MR) is 112 cm³/mol. The molecule has 0 aliphatic carbocycles. The lowest BCUT2D eigenvalue weighted by Gasteiger charge is -2.33. The van der Waals surface area contributed by atoms with Gasteiger partial charge in [-0.3, -0.25) is 9.78 Å². The monoisotopic (exact) mass is 406 g/mol. The number of aryl methyl sites for hydroxylation is 1. The molecule has 0 bridgehead atoms. The summed E-state index contributed by atoms with van der Waals surface area (Å²) in [6.45, 7) is 3.99. The van der Waals surface area contributed by atoms with Crippen LogP contribution in [0.1, 0.15) is 42.4 Å². The summed E-state index contributed by atoms with van der Waals surface area (Å²) in [6, 6.07) is 11.2. The van der Waals surface area contributed by atoms with Gasteiger partial charge in [0.05, 0.1) is 12.2 Å². The fraction of sp³-hybridized carbons (Fsp3) is 0.391. The van der Waals surface area contributed by atoms with E-state index >= 15 is 0 Å². The first-order valence-electron chi connectivity index (χ1n) is 10.5. The lowest BCUT2D eigenvalue weighted by Crippen LogP contribution is -2.40. The minimum Gasteiger partial charge on any atom is -0.493 e. The number of hydrogen-bond donors (Lipinski definition) is 0. The lowest BCUT2D eigenvalue weighted by atomic mass is 9.93. The number of hydrogen-bond acceptors (Lipinski definition) is 6. The average Bonchev–Trinajstić information content (AvgIpc) is 3.28. The maximum atomic E-state index is 13.1. The third-order valence-corrected chi connectivity index (χ3v) is 5.40. The summed E-state index contributed by atoms with van der Waals surface area (Å²) in [5.74, 6) is 2.34. The van der Waals surface area contributed by atoms with Crippen LogP contribution in [0.15, 0.2) is 53.3 Å². The van der Waals surface area contributed by atoms with E-state index in [0.717, 1.165) is 44.3 Å². The molecule has 4 rings (SSSR count). The molecule has 3 aromatic rings. The molecular formula is C23H26N4O3. The number of ether oxygens (including phenoxy) is 1. The van der Waals surface area contributed by atoms with Crippen molar-refractivity contribution >= 4 is 5.91 Å². The molecule has 3 heterocycles. The normalized spacial score (nSPS) is 16.4. The number of carbonyl (C=O) groups is 1. The highest BCUT2D eigenvalue weighted by Crippen LogP contribution is 2.26. The average molecular weight is 406 g/mol. The van der Waals surface area contributed by atoms with Crippen molar-refractivity contribution in [1.82, 2.24) is 20.0 Å². The van der Waals surface area contributed by atoms with E-state index < -0.39 is 0 Å². The third kappa shape index (κ3) is 4.67. The van der Waals surface area contributed by atoms with Crippen molar-refractivity contribution < 1.29 is 14.1 Å². The van der Waals surface area contributed by atoms with E-state index in [2.05, 4.69) is 15.1 Å². The molecule has 1 atom stereocenters. The van der Waals surface area contributed by atoms with Crippen molar-refractivity contribution in [2.24, 2.45) is 5.92 Å². The zero-order chi connectivity index (χ0) is 20.8. The largest absolute Gasteiger partial charge is 0.493 e. The zero-order valence-corrected chi connectivity index (χ0v) is 17.2. The second-order valence-electron chi connectivity index (χ2n) is 7.48. The van der Waals surface area contributed by atoms with Crippen LogP contribution in [-0.2, 0) is 6.42 Å². The Morgan fingerprint density at radius 2 is 2.07 bits per heavy atom. The van der Waals surface area contributed by atoms with Crippen molar-refractivity contribution in [1.29, 1.82) is 0 Å². The van der Waals surface area contributed by atoms with Crippen LogP contribution < -0.4 is 4.74 Å². The SMILES string of the molecule is CCOc1ccccc1C(=O)N1CCCC(CCc2noc(-c3ccncc3)n2)C1. The second-order valence-corrected chi connectivity index (χ2v) is 7.48. The van der Waals surface area contributed by atoms with Gasteiger partial charge in [0.1, 0.15) is 5.75 Å². The number of pyridine rings is 1. The van der Waals surface area contributed by atoms with Gasteiger partial charge in [-0.1, -0.05) is 17.3 Å². The van der Waals surface area contributed by atoms with E-state index in [-0.39, 0.29) is 5.91 Å². The molecule has 0 N–H and O–H groups in total. The lowest BCUT2D eigenvalue weighted by molar-refractivity contribution is 0.0664. The van der Waals surface area contributed by atoms with Crippen LogP contribution in [0.2, 0.25) is 0 Å². The van der Waals surface area contributed by atoms with Crippen LogP contribution in [0, 0.1) is 5.92 Å². The van der Waals surface area contributed by atoms with Gasteiger partial charge in [-0.05, 0) is 56.4 Å². The molecule has 1 aliphatic rings. The molecular weight excluding hydrogens is 380 g/mol. The van der Waals surface area contributed by atoms with Crippen molar-refractivity contribution in [3.8, 4) is 17.2 Å². The van der Waals surface area contributed by atoms with Crippen LogP contribution in [-0.4, -0.2) is 45.6 Å². The summed E-state index contributed by atoms with van der Waals surface area (Å²) < 4.78 is 11.0. The van der Waals surface area contributed by atoms with Crippen molar-refractivity contribution in [2.45, 2.75) is 32.6 Å². The van der Waals surface area contributed by atoms with Crippen LogP contribution in [0.3, 0.4) is 0 Å². The predicted octanol–water partition coefficient (Wildman–Crippen LogP) is 4.02. The van der Waals surface area contributed by atoms with Crippen molar-refractivity contribution in [3.05, 3.63) is 60.2 Å². The highest BCUT2D eigenvalue weighted by molar-refractivity contribution is 5.97. The summed E-state index contributed by atoms with van der Waals surface area (Å²) in [4.78, 5) is 23.5. The Balaban J connectivity index is 1.36. The van der Waals surface area contributed by atoms with Gasteiger partial charge in [0.25, 0.3) is 11.8 Å². The number of carbonyl (C=O) groups excluding carboxylic acids is 1. The van der Waals surface area contributed by atoms with Gasteiger partial charge in [0, 0.05) is 37.5 Å². The fourth-order valence-electron chi connectivity index (χ4n) is 3.88. The van der Waals surface area contributed by atoms with E-state index in [1.807, 2.05) is 48.2 Å². The second kappa shape index (κ2) is 9.52. The Kier molecular flexibility index (Phi) is 6.37. The first-order chi connectivity index (χ1) is 14.7. The van der Waals surface area contributed by atoms with Gasteiger partial charge in [-0.15, -0.1) is 0 Å². The molecule has 7 heteroatoms. The highest BCUT2D eigenvalue weighted by Gasteiger charge is 2.26. The summed E-state index contributed by atoms with van der Waals surface area (Å²) in [7, 11) is 0. The topological polar surface area (TPSA) is 81.4 Å². The number of piperidine rings is 1. The summed E-state index contributed by atoms with van der Waals surface area (Å²) in [5, 5.41) is 4.11. The van der Waals surface area contributed by atoms with E-state index in [9.17, 15) is 4.79 Å². The molecule has 30 heavy (non-hydrogen) atoms. The number of likely N-dealkylation sites (tertiary alicyclic amines) is 1. The van der Waals surface area contributed by atoms with Gasteiger partial charge in [0.15, 0.2) is 5.82 Å². The van der Waals surface area contributed by atoms with Crippen molar-refractivity contribution in [3.63, 3.8) is 0 Å². The molecule has 156 valence electrons. The van der Waals surface area contributed by atoms with Gasteiger partial charge in [-0.25, -0.2) is 0 Å². The number of amides is 1. The van der Waals surface area contributed by atoms with Gasteiger partial charge in [0.2, 0.25) is 0 Å². The smallest absolute Gasteiger partial charge is 0.258 e. The minimum absolute atomic E-state index is 0.0447. The van der Waals surface area contributed by atoms with E-state index in [4.69, 9.17) is 9.26 Å². The fourth-order valence-corrected chi connectivity index (χ4v) is 3.88. The molecule has 2 aromatic heterocycles. The Bertz CT molecular complexity index is 973. The summed E-state index contributed by atoms with van der Waals surface area (Å²) >= 11 is 0. The highest BCUT2D eigenvalue weighted by atomic mass is 16.5. The summed E-state index contributed by atoms with van der Waals surface area (Å²) in [5.41, 5.74) is 1.51. The molecule has 1 unspecified atom stereocenters. The molecule has 1 aliphatic heterocycles. The van der Waals surface area contributed by atoms with E-state index in [1.54, 1.807) is 12.4 Å². The molecule has 0 spiro atoms.